The zero-order chi connectivity index (χ0) is 20.8. The van der Waals surface area contributed by atoms with Gasteiger partial charge in [-0.1, -0.05) is 17.4 Å². The minimum absolute atomic E-state index is 0.146. The summed E-state index contributed by atoms with van der Waals surface area (Å²) >= 11 is 1.44. The van der Waals surface area contributed by atoms with Crippen molar-refractivity contribution in [2.24, 2.45) is 5.92 Å². The molecule has 4 rings (SSSR count). The van der Waals surface area contributed by atoms with Crippen LogP contribution in [-0.2, 0) is 22.4 Å². The summed E-state index contributed by atoms with van der Waals surface area (Å²) in [5, 5.41) is 23.4. The van der Waals surface area contributed by atoms with E-state index in [1.807, 2.05) is 24.3 Å². The maximum Gasteiger partial charge on any atom is 0.232 e. The standard InChI is InChI=1S/C20H21N7O2S/c28-12-22-17-7-6-16(24-25-17)10-13-4-5-14(9-13)19-26-27-20(30-19)23-18(29)11-15-3-1-2-8-21-15/h1-3,6-8,12-14H,4-5,9-11H2,(H,22,25,28)(H,23,27,29). The van der Waals surface area contributed by atoms with Crippen molar-refractivity contribution in [3.8, 4) is 0 Å². The predicted octanol–water partition coefficient (Wildman–Crippen LogP) is 2.60. The number of carbonyl (C=O) groups is 2. The third-order valence-electron chi connectivity index (χ3n) is 5.07. The van der Waals surface area contributed by atoms with Gasteiger partial charge in [-0.05, 0) is 55.9 Å². The molecule has 3 aromatic heterocycles. The molecule has 2 N–H and O–H groups in total. The largest absolute Gasteiger partial charge is 0.312 e. The van der Waals surface area contributed by atoms with E-state index in [1.54, 1.807) is 12.3 Å². The number of rotatable bonds is 8. The minimum atomic E-state index is -0.146. The van der Waals surface area contributed by atoms with Crippen molar-refractivity contribution in [2.75, 3.05) is 10.6 Å². The van der Waals surface area contributed by atoms with Crippen LogP contribution in [0.2, 0.25) is 0 Å². The number of nitrogens with one attached hydrogen (secondary N) is 2. The summed E-state index contributed by atoms with van der Waals surface area (Å²) in [7, 11) is 0. The summed E-state index contributed by atoms with van der Waals surface area (Å²) in [5.41, 5.74) is 1.63. The summed E-state index contributed by atoms with van der Waals surface area (Å²) < 4.78 is 0. The van der Waals surface area contributed by atoms with E-state index in [0.717, 1.165) is 42.1 Å². The van der Waals surface area contributed by atoms with Crippen molar-refractivity contribution in [3.05, 3.63) is 52.9 Å². The molecule has 2 amide bonds. The molecule has 3 aromatic rings. The molecule has 30 heavy (non-hydrogen) atoms. The maximum atomic E-state index is 12.2. The number of nitrogens with zero attached hydrogens (tertiary/aromatic N) is 5. The molecule has 0 saturated heterocycles. The molecule has 1 saturated carbocycles. The zero-order valence-electron chi connectivity index (χ0n) is 16.2. The van der Waals surface area contributed by atoms with Crippen LogP contribution >= 0.6 is 11.3 Å². The fourth-order valence-electron chi connectivity index (χ4n) is 3.67. The minimum Gasteiger partial charge on any atom is -0.312 e. The SMILES string of the molecule is O=CNc1ccc(CC2CCC(c3nnc(NC(=O)Cc4ccccn4)s3)C2)nn1. The smallest absolute Gasteiger partial charge is 0.232 e. The first kappa shape index (κ1) is 20.0. The maximum absolute atomic E-state index is 12.2. The summed E-state index contributed by atoms with van der Waals surface area (Å²) in [6.07, 6.45) is 6.45. The number of pyridine rings is 1. The monoisotopic (exact) mass is 423 g/mol. The van der Waals surface area contributed by atoms with Crippen LogP contribution < -0.4 is 10.6 Å². The fraction of sp³-hybridized carbons (Fsp3) is 0.350. The summed E-state index contributed by atoms with van der Waals surface area (Å²) in [6.45, 7) is 0. The van der Waals surface area contributed by atoms with Crippen LogP contribution in [0.5, 0.6) is 0 Å². The van der Waals surface area contributed by atoms with E-state index in [4.69, 9.17) is 0 Å². The summed E-state index contributed by atoms with van der Waals surface area (Å²) in [6, 6.07) is 9.15. The lowest BCUT2D eigenvalue weighted by molar-refractivity contribution is -0.115. The van der Waals surface area contributed by atoms with Crippen LogP contribution in [-0.4, -0.2) is 37.7 Å². The average molecular weight is 424 g/mol. The van der Waals surface area contributed by atoms with Gasteiger partial charge in [-0.3, -0.25) is 14.6 Å². The van der Waals surface area contributed by atoms with E-state index >= 15 is 0 Å². The van der Waals surface area contributed by atoms with Crippen molar-refractivity contribution in [1.82, 2.24) is 25.4 Å². The van der Waals surface area contributed by atoms with Crippen LogP contribution in [0.4, 0.5) is 10.9 Å². The van der Waals surface area contributed by atoms with Gasteiger partial charge in [-0.15, -0.1) is 15.3 Å². The highest BCUT2D eigenvalue weighted by Crippen LogP contribution is 2.41. The quantitative estimate of drug-likeness (QED) is 0.534. The van der Waals surface area contributed by atoms with Crippen molar-refractivity contribution in [2.45, 2.75) is 38.0 Å². The molecule has 1 aliphatic rings. The molecule has 1 fully saturated rings. The molecule has 1 aliphatic carbocycles. The molecule has 0 aliphatic heterocycles. The second-order valence-electron chi connectivity index (χ2n) is 7.24. The van der Waals surface area contributed by atoms with Gasteiger partial charge >= 0.3 is 0 Å². The molecular weight excluding hydrogens is 402 g/mol. The van der Waals surface area contributed by atoms with Crippen LogP contribution in [0, 0.1) is 5.92 Å². The Balaban J connectivity index is 1.29. The van der Waals surface area contributed by atoms with Gasteiger partial charge in [-0.2, -0.15) is 5.10 Å². The van der Waals surface area contributed by atoms with Crippen LogP contribution in [0.25, 0.3) is 0 Å². The Kier molecular flexibility index (Phi) is 6.33. The van der Waals surface area contributed by atoms with Gasteiger partial charge in [0.1, 0.15) is 5.01 Å². The van der Waals surface area contributed by atoms with E-state index in [2.05, 4.69) is 36.0 Å². The van der Waals surface area contributed by atoms with Gasteiger partial charge < -0.3 is 10.6 Å². The van der Waals surface area contributed by atoms with E-state index in [1.165, 1.54) is 11.3 Å². The lowest BCUT2D eigenvalue weighted by Gasteiger charge is -2.09. The molecule has 9 nitrogen and oxygen atoms in total. The van der Waals surface area contributed by atoms with Gasteiger partial charge in [0.05, 0.1) is 12.1 Å². The molecule has 2 unspecified atom stereocenters. The van der Waals surface area contributed by atoms with E-state index < -0.39 is 0 Å². The highest BCUT2D eigenvalue weighted by atomic mass is 32.1. The Morgan fingerprint density at radius 2 is 2.03 bits per heavy atom. The van der Waals surface area contributed by atoms with Crippen LogP contribution in [0.1, 0.15) is 41.6 Å². The molecule has 0 aromatic carbocycles. The normalized spacial score (nSPS) is 18.1. The molecule has 10 heteroatoms. The van der Waals surface area contributed by atoms with Gasteiger partial charge in [0, 0.05) is 17.8 Å². The predicted molar refractivity (Wildman–Crippen MR) is 112 cm³/mol. The zero-order valence-corrected chi connectivity index (χ0v) is 17.0. The molecule has 0 bridgehead atoms. The Hall–Kier alpha value is -3.27. The first-order valence-corrected chi connectivity index (χ1v) is 10.6. The van der Waals surface area contributed by atoms with Crippen molar-refractivity contribution < 1.29 is 9.59 Å². The number of aromatic nitrogens is 5. The highest BCUT2D eigenvalue weighted by molar-refractivity contribution is 7.15. The first-order valence-electron chi connectivity index (χ1n) is 9.75. The topological polar surface area (TPSA) is 123 Å². The molecular formula is C20H21N7O2S. The average Bonchev–Trinajstić information content (AvgIpc) is 3.40. The first-order chi connectivity index (χ1) is 14.7. The Morgan fingerprint density at radius 3 is 2.80 bits per heavy atom. The lowest BCUT2D eigenvalue weighted by Crippen LogP contribution is -2.14. The van der Waals surface area contributed by atoms with Crippen LogP contribution in [0.15, 0.2) is 36.5 Å². The third-order valence-corrected chi connectivity index (χ3v) is 6.07. The Bertz CT molecular complexity index is 994. The molecule has 3 heterocycles. The number of anilines is 2. The second-order valence-corrected chi connectivity index (χ2v) is 8.25. The van der Waals surface area contributed by atoms with Crippen molar-refractivity contribution in [1.29, 1.82) is 0 Å². The molecule has 2 atom stereocenters. The van der Waals surface area contributed by atoms with Gasteiger partial charge in [0.25, 0.3) is 0 Å². The Morgan fingerprint density at radius 1 is 1.10 bits per heavy atom. The van der Waals surface area contributed by atoms with Crippen molar-refractivity contribution in [3.63, 3.8) is 0 Å². The molecule has 154 valence electrons. The second kappa shape index (κ2) is 9.49. The fourth-order valence-corrected chi connectivity index (χ4v) is 4.57. The number of carbonyl (C=O) groups excluding carboxylic acids is 2. The van der Waals surface area contributed by atoms with E-state index in [0.29, 0.717) is 29.2 Å². The van der Waals surface area contributed by atoms with Crippen LogP contribution in [0.3, 0.4) is 0 Å². The van der Waals surface area contributed by atoms with E-state index in [9.17, 15) is 9.59 Å². The number of hydrogen-bond donors (Lipinski definition) is 2. The molecule has 0 radical (unpaired) electrons. The molecule has 0 spiro atoms. The highest BCUT2D eigenvalue weighted by Gasteiger charge is 2.29. The third kappa shape index (κ3) is 5.20. The lowest BCUT2D eigenvalue weighted by atomic mass is 10.00. The van der Waals surface area contributed by atoms with Gasteiger partial charge in [0.2, 0.25) is 17.4 Å². The van der Waals surface area contributed by atoms with Gasteiger partial charge in [0.15, 0.2) is 5.82 Å². The number of hydrogen-bond acceptors (Lipinski definition) is 8. The van der Waals surface area contributed by atoms with Crippen molar-refractivity contribution >= 4 is 34.6 Å². The Labute approximate surface area is 177 Å². The summed E-state index contributed by atoms with van der Waals surface area (Å²) in [4.78, 5) is 26.8. The summed E-state index contributed by atoms with van der Waals surface area (Å²) in [5.74, 6) is 1.15. The number of amides is 2. The van der Waals surface area contributed by atoms with E-state index in [-0.39, 0.29) is 12.3 Å². The van der Waals surface area contributed by atoms with Gasteiger partial charge in [-0.25, -0.2) is 0 Å².